The van der Waals surface area contributed by atoms with Gasteiger partial charge in [-0.1, -0.05) is 0 Å². The first kappa shape index (κ1) is 22.9. The zero-order valence-electron chi connectivity index (χ0n) is 17.3. The van der Waals surface area contributed by atoms with Crippen LogP contribution in [-0.4, -0.2) is 39.5 Å². The fraction of sp³-hybridized carbons (Fsp3) is 0.476. The number of nitrogens with zero attached hydrogens (tertiary/aromatic N) is 3. The smallest absolute Gasteiger partial charge is 0.338 e. The number of alkyl halides is 3. The van der Waals surface area contributed by atoms with Gasteiger partial charge in [0.1, 0.15) is 11.6 Å². The molecule has 0 aliphatic carbocycles. The molecule has 3 rings (SSSR count). The van der Waals surface area contributed by atoms with Gasteiger partial charge in [0.05, 0.1) is 22.9 Å². The summed E-state index contributed by atoms with van der Waals surface area (Å²) >= 11 is 0. The number of carbonyl (C=O) groups excluding carboxylic acids is 2. The molecule has 0 bridgehead atoms. The molecule has 1 aromatic heterocycles. The summed E-state index contributed by atoms with van der Waals surface area (Å²) in [4.78, 5) is 26.6. The number of likely N-dealkylation sites (tertiary alicyclic amines) is 1. The molecular weight excluding hydrogens is 421 g/mol. The predicted molar refractivity (Wildman–Crippen MR) is 102 cm³/mol. The number of ketones is 1. The minimum absolute atomic E-state index is 0.0180. The Bertz CT molecular complexity index is 999. The van der Waals surface area contributed by atoms with E-state index in [2.05, 4.69) is 5.10 Å². The Morgan fingerprint density at radius 1 is 1.03 bits per heavy atom. The van der Waals surface area contributed by atoms with E-state index >= 15 is 0 Å². The number of hydrogen-bond acceptors (Lipinski definition) is 3. The summed E-state index contributed by atoms with van der Waals surface area (Å²) in [5, 5.41) is 3.79. The Labute approximate surface area is 175 Å². The van der Waals surface area contributed by atoms with Crippen molar-refractivity contribution in [1.82, 2.24) is 14.7 Å². The molecule has 1 aliphatic rings. The van der Waals surface area contributed by atoms with E-state index in [9.17, 15) is 31.5 Å². The molecule has 2 heterocycles. The third-order valence-corrected chi connectivity index (χ3v) is 5.25. The molecule has 1 aromatic carbocycles. The molecule has 1 aliphatic heterocycles. The van der Waals surface area contributed by atoms with E-state index in [-0.39, 0.29) is 31.5 Å². The number of aromatic nitrogens is 2. The Morgan fingerprint density at radius 3 is 2.19 bits per heavy atom. The van der Waals surface area contributed by atoms with E-state index in [1.807, 2.05) is 0 Å². The standard InChI is InChI=1S/C21H22F5N3O2/c1-20(2,3)29-18(21(24,25)26)15(11-27-29)19(31)28-8-6-12(7-9-28)17(30)14-10-13(22)4-5-16(14)23/h4-5,10-12H,6-9H2,1-3H3. The van der Waals surface area contributed by atoms with Crippen LogP contribution in [0.2, 0.25) is 0 Å². The van der Waals surface area contributed by atoms with Crippen molar-refractivity contribution in [3.05, 3.63) is 52.9 Å². The van der Waals surface area contributed by atoms with Crippen molar-refractivity contribution in [3.8, 4) is 0 Å². The van der Waals surface area contributed by atoms with Gasteiger partial charge in [0.15, 0.2) is 11.5 Å². The van der Waals surface area contributed by atoms with Gasteiger partial charge < -0.3 is 4.90 Å². The monoisotopic (exact) mass is 443 g/mol. The number of benzene rings is 1. The quantitative estimate of drug-likeness (QED) is 0.512. The lowest BCUT2D eigenvalue weighted by Crippen LogP contribution is -2.41. The normalized spacial score (nSPS) is 15.9. The first-order valence-electron chi connectivity index (χ1n) is 9.75. The molecule has 1 saturated heterocycles. The number of hydrogen-bond donors (Lipinski definition) is 0. The molecule has 168 valence electrons. The Morgan fingerprint density at radius 2 is 1.65 bits per heavy atom. The summed E-state index contributed by atoms with van der Waals surface area (Å²) in [5.74, 6) is -3.65. The van der Waals surface area contributed by atoms with Gasteiger partial charge in [-0.15, -0.1) is 0 Å². The first-order chi connectivity index (χ1) is 14.3. The molecule has 0 unspecified atom stereocenters. The van der Waals surface area contributed by atoms with Gasteiger partial charge in [0.2, 0.25) is 0 Å². The summed E-state index contributed by atoms with van der Waals surface area (Å²) in [5.41, 5.74) is -3.03. The van der Waals surface area contributed by atoms with E-state index < -0.39 is 52.2 Å². The molecule has 0 atom stereocenters. The molecular formula is C21H22F5N3O2. The van der Waals surface area contributed by atoms with Gasteiger partial charge in [-0.25, -0.2) is 8.78 Å². The van der Waals surface area contributed by atoms with Crippen molar-refractivity contribution in [2.75, 3.05) is 13.1 Å². The minimum Gasteiger partial charge on any atom is -0.338 e. The average molecular weight is 443 g/mol. The minimum atomic E-state index is -4.78. The number of Topliss-reactive ketones (excluding diaryl/α,β-unsaturated/α-hetero) is 1. The van der Waals surface area contributed by atoms with Crippen LogP contribution in [0.15, 0.2) is 24.4 Å². The molecule has 0 radical (unpaired) electrons. The largest absolute Gasteiger partial charge is 0.433 e. The van der Waals surface area contributed by atoms with Crippen molar-refractivity contribution in [3.63, 3.8) is 0 Å². The summed E-state index contributed by atoms with van der Waals surface area (Å²) in [6, 6.07) is 2.60. The number of amides is 1. The van der Waals surface area contributed by atoms with E-state index in [0.717, 1.165) is 29.1 Å². The van der Waals surface area contributed by atoms with E-state index in [1.54, 1.807) is 20.8 Å². The second kappa shape index (κ2) is 8.05. The van der Waals surface area contributed by atoms with Crippen LogP contribution in [0.3, 0.4) is 0 Å². The third-order valence-electron chi connectivity index (χ3n) is 5.25. The maximum atomic E-state index is 13.9. The number of rotatable bonds is 3. The Kier molecular flexibility index (Phi) is 5.94. The van der Waals surface area contributed by atoms with E-state index in [4.69, 9.17) is 0 Å². The number of piperidine rings is 1. The van der Waals surface area contributed by atoms with Crippen molar-refractivity contribution in [2.24, 2.45) is 5.92 Å². The van der Waals surface area contributed by atoms with Crippen molar-refractivity contribution in [1.29, 1.82) is 0 Å². The fourth-order valence-corrected chi connectivity index (χ4v) is 3.71. The summed E-state index contributed by atoms with van der Waals surface area (Å²) in [7, 11) is 0. The molecule has 0 N–H and O–H groups in total. The molecule has 1 amide bonds. The molecule has 2 aromatic rings. The molecule has 10 heteroatoms. The number of carbonyl (C=O) groups is 2. The van der Waals surface area contributed by atoms with Crippen LogP contribution in [0.4, 0.5) is 22.0 Å². The van der Waals surface area contributed by atoms with E-state index in [0.29, 0.717) is 0 Å². The Hall–Kier alpha value is -2.78. The van der Waals surface area contributed by atoms with E-state index in [1.165, 1.54) is 4.90 Å². The van der Waals surface area contributed by atoms with Gasteiger partial charge in [-0.2, -0.15) is 18.3 Å². The highest BCUT2D eigenvalue weighted by Crippen LogP contribution is 2.36. The van der Waals surface area contributed by atoms with Gasteiger partial charge >= 0.3 is 6.18 Å². The van der Waals surface area contributed by atoms with Crippen LogP contribution in [0.5, 0.6) is 0 Å². The van der Waals surface area contributed by atoms with Crippen molar-refractivity contribution >= 4 is 11.7 Å². The molecule has 1 fully saturated rings. The SMILES string of the molecule is CC(C)(C)n1ncc(C(=O)N2CCC(C(=O)c3cc(F)ccc3F)CC2)c1C(F)(F)F. The van der Waals surface area contributed by atoms with Crippen LogP contribution in [0.25, 0.3) is 0 Å². The first-order valence-corrected chi connectivity index (χ1v) is 9.75. The predicted octanol–water partition coefficient (Wildman–Crippen LogP) is 4.67. The van der Waals surface area contributed by atoms with Crippen LogP contribution in [0.1, 0.15) is 60.0 Å². The molecule has 31 heavy (non-hydrogen) atoms. The van der Waals surface area contributed by atoms with Crippen LogP contribution in [0, 0.1) is 17.6 Å². The van der Waals surface area contributed by atoms with Crippen LogP contribution >= 0.6 is 0 Å². The van der Waals surface area contributed by atoms with Crippen LogP contribution < -0.4 is 0 Å². The van der Waals surface area contributed by atoms with Crippen molar-refractivity contribution in [2.45, 2.75) is 45.3 Å². The zero-order chi connectivity index (χ0) is 23.1. The van der Waals surface area contributed by atoms with Crippen molar-refractivity contribution < 1.29 is 31.5 Å². The summed E-state index contributed by atoms with van der Waals surface area (Å²) in [6.07, 6.45) is -3.60. The molecule has 0 saturated carbocycles. The summed E-state index contributed by atoms with van der Waals surface area (Å²) in [6.45, 7) is 4.68. The highest BCUT2D eigenvalue weighted by molar-refractivity contribution is 5.99. The topological polar surface area (TPSA) is 55.2 Å². The molecule has 5 nitrogen and oxygen atoms in total. The van der Waals surface area contributed by atoms with Gasteiger partial charge in [0, 0.05) is 19.0 Å². The highest BCUT2D eigenvalue weighted by atomic mass is 19.4. The zero-order valence-corrected chi connectivity index (χ0v) is 17.3. The Balaban J connectivity index is 1.78. The van der Waals surface area contributed by atoms with Gasteiger partial charge in [-0.3, -0.25) is 14.3 Å². The van der Waals surface area contributed by atoms with Gasteiger partial charge in [0.25, 0.3) is 5.91 Å². The lowest BCUT2D eigenvalue weighted by molar-refractivity contribution is -0.146. The van der Waals surface area contributed by atoms with Gasteiger partial charge in [-0.05, 0) is 51.8 Å². The lowest BCUT2D eigenvalue weighted by Gasteiger charge is -2.31. The molecule has 0 spiro atoms. The fourth-order valence-electron chi connectivity index (χ4n) is 3.71. The summed E-state index contributed by atoms with van der Waals surface area (Å²) < 4.78 is 69.1. The maximum absolute atomic E-state index is 13.9. The number of halogens is 5. The van der Waals surface area contributed by atoms with Crippen LogP contribution in [-0.2, 0) is 11.7 Å². The lowest BCUT2D eigenvalue weighted by atomic mass is 9.88. The second-order valence-corrected chi connectivity index (χ2v) is 8.54. The average Bonchev–Trinajstić information content (AvgIpc) is 3.15. The maximum Gasteiger partial charge on any atom is 0.433 e. The third kappa shape index (κ3) is 4.62. The highest BCUT2D eigenvalue weighted by Gasteiger charge is 2.43. The second-order valence-electron chi connectivity index (χ2n) is 8.54.